The van der Waals surface area contributed by atoms with Crippen LogP contribution < -0.4 is 0 Å². The summed E-state index contributed by atoms with van der Waals surface area (Å²) in [6.07, 6.45) is 4.91. The normalized spacial score (nSPS) is 12.8. The Bertz CT molecular complexity index is 213. The molecule has 0 aromatic heterocycles. The minimum atomic E-state index is -2.74. The van der Waals surface area contributed by atoms with Gasteiger partial charge in [-0.1, -0.05) is 38.1 Å². The second-order valence-corrected chi connectivity index (χ2v) is 4.82. The van der Waals surface area contributed by atoms with E-state index in [4.69, 9.17) is 18.9 Å². The fourth-order valence-electron chi connectivity index (χ4n) is 1.45. The number of hydrogen-bond donors (Lipinski definition) is 1. The van der Waals surface area contributed by atoms with E-state index in [1.54, 1.807) is 0 Å². The maximum atomic E-state index is 10.9. The fourth-order valence-corrected chi connectivity index (χ4v) is 1.89. The fraction of sp³-hybridized carbons (Fsp3) is 1.00. The molecule has 0 saturated carbocycles. The zero-order chi connectivity index (χ0) is 13.9. The highest BCUT2D eigenvalue weighted by Gasteiger charge is 2.42. The number of hydrogen-bond acceptors (Lipinski definition) is 4. The number of ether oxygens (including phenoxy) is 2. The minimum absolute atomic E-state index is 0.446. The summed E-state index contributed by atoms with van der Waals surface area (Å²) in [6.45, 7) is 6.99. The lowest BCUT2D eigenvalue weighted by Crippen LogP contribution is -2.38. The molecule has 5 nitrogen and oxygen atoms in total. The van der Waals surface area contributed by atoms with E-state index in [1.807, 2.05) is 6.92 Å². The van der Waals surface area contributed by atoms with Gasteiger partial charge in [0.2, 0.25) is 0 Å². The molecule has 1 unspecified atom stereocenters. The quantitative estimate of drug-likeness (QED) is 0.335. The van der Waals surface area contributed by atoms with Crippen LogP contribution in [0.4, 0.5) is 0 Å². The molecule has 108 valence electrons. The summed E-state index contributed by atoms with van der Waals surface area (Å²) in [5, 5.41) is 0. The van der Waals surface area contributed by atoms with E-state index in [0.29, 0.717) is 19.6 Å². The standard InChI is InChI=1S/C12H25O5P/c1-4-7-10-15-12(9-6-3,17-18(13)14)16-11-8-5-2/h4-11H2,1-3H3/p+1. The van der Waals surface area contributed by atoms with Crippen LogP contribution in [0.15, 0.2) is 0 Å². The number of rotatable bonds is 12. The van der Waals surface area contributed by atoms with E-state index in [2.05, 4.69) is 13.8 Å². The van der Waals surface area contributed by atoms with Gasteiger partial charge in [-0.3, -0.25) is 0 Å². The first kappa shape index (κ1) is 17.9. The molecule has 0 saturated heterocycles. The lowest BCUT2D eigenvalue weighted by atomic mass is 10.3. The van der Waals surface area contributed by atoms with Crippen molar-refractivity contribution in [3.63, 3.8) is 0 Å². The molecule has 6 heteroatoms. The molecule has 0 aromatic carbocycles. The molecule has 0 aliphatic carbocycles. The average molecular weight is 281 g/mol. The van der Waals surface area contributed by atoms with Crippen molar-refractivity contribution < 1.29 is 23.5 Å². The van der Waals surface area contributed by atoms with Gasteiger partial charge in [0.25, 0.3) is 0 Å². The maximum Gasteiger partial charge on any atom is 0.700 e. The third kappa shape index (κ3) is 8.11. The molecule has 0 heterocycles. The van der Waals surface area contributed by atoms with Gasteiger partial charge in [0.1, 0.15) is 0 Å². The molecule has 18 heavy (non-hydrogen) atoms. The van der Waals surface area contributed by atoms with Gasteiger partial charge in [0, 0.05) is 11.0 Å². The average Bonchev–Trinajstić information content (AvgIpc) is 2.29. The summed E-state index contributed by atoms with van der Waals surface area (Å²) in [4.78, 5) is 8.95. The topological polar surface area (TPSA) is 65.0 Å². The van der Waals surface area contributed by atoms with Crippen molar-refractivity contribution in [2.45, 2.75) is 65.3 Å². The second kappa shape index (κ2) is 10.8. The monoisotopic (exact) mass is 281 g/mol. The van der Waals surface area contributed by atoms with E-state index in [9.17, 15) is 4.57 Å². The van der Waals surface area contributed by atoms with Crippen LogP contribution in [0.1, 0.15) is 59.3 Å². The first-order valence-electron chi connectivity index (χ1n) is 6.73. The van der Waals surface area contributed by atoms with Crippen molar-refractivity contribution >= 4 is 8.25 Å². The van der Waals surface area contributed by atoms with Crippen LogP contribution in [0.2, 0.25) is 0 Å². The molecule has 0 rings (SSSR count). The van der Waals surface area contributed by atoms with Gasteiger partial charge >= 0.3 is 14.2 Å². The summed E-state index contributed by atoms with van der Waals surface area (Å²) in [6, 6.07) is 0. The van der Waals surface area contributed by atoms with Gasteiger partial charge in [-0.15, -0.1) is 4.89 Å². The molecule has 0 aliphatic rings. The van der Waals surface area contributed by atoms with E-state index in [1.165, 1.54) is 0 Å². The van der Waals surface area contributed by atoms with Crippen LogP contribution in [0, 0.1) is 0 Å². The second-order valence-electron chi connectivity index (χ2n) is 4.17. The Balaban J connectivity index is 4.49. The molecule has 0 aromatic rings. The van der Waals surface area contributed by atoms with Gasteiger partial charge in [0.05, 0.1) is 13.2 Å². The zero-order valence-electron chi connectivity index (χ0n) is 11.7. The first-order valence-corrected chi connectivity index (χ1v) is 7.86. The molecule has 0 radical (unpaired) electrons. The van der Waals surface area contributed by atoms with Crippen LogP contribution in [0.3, 0.4) is 0 Å². The molecule has 0 amide bonds. The lowest BCUT2D eigenvalue weighted by Gasteiger charge is -2.27. The van der Waals surface area contributed by atoms with Crippen molar-refractivity contribution in [3.8, 4) is 0 Å². The SMILES string of the molecule is CCCCOC(CCC)(OCCCC)O[P+](=O)O. The first-order chi connectivity index (χ1) is 8.60. The molecule has 1 N–H and O–H groups in total. The van der Waals surface area contributed by atoms with Gasteiger partial charge < -0.3 is 9.47 Å². The highest BCUT2D eigenvalue weighted by atomic mass is 31.1. The van der Waals surface area contributed by atoms with Crippen molar-refractivity contribution in [1.29, 1.82) is 0 Å². The third-order valence-corrected chi connectivity index (χ3v) is 2.85. The Morgan fingerprint density at radius 3 is 1.83 bits per heavy atom. The molecule has 0 aliphatic heterocycles. The van der Waals surface area contributed by atoms with E-state index >= 15 is 0 Å². The van der Waals surface area contributed by atoms with Gasteiger partial charge in [-0.2, -0.15) is 0 Å². The summed E-state index contributed by atoms with van der Waals surface area (Å²) in [7, 11) is -2.74. The van der Waals surface area contributed by atoms with E-state index in [-0.39, 0.29) is 0 Å². The van der Waals surface area contributed by atoms with Crippen molar-refractivity contribution in [3.05, 3.63) is 0 Å². The Kier molecular flexibility index (Phi) is 10.8. The Morgan fingerprint density at radius 2 is 1.50 bits per heavy atom. The summed E-state index contributed by atoms with van der Waals surface area (Å²) >= 11 is 0. The molecular weight excluding hydrogens is 255 g/mol. The minimum Gasteiger partial charge on any atom is -0.324 e. The Morgan fingerprint density at radius 1 is 1.00 bits per heavy atom. The van der Waals surface area contributed by atoms with Gasteiger partial charge in [-0.25, -0.2) is 0 Å². The predicted molar refractivity (Wildman–Crippen MR) is 70.3 cm³/mol. The van der Waals surface area contributed by atoms with Gasteiger partial charge in [-0.05, 0) is 19.3 Å². The van der Waals surface area contributed by atoms with E-state index in [0.717, 1.165) is 32.1 Å². The Hall–Kier alpha value is -0.0600. The van der Waals surface area contributed by atoms with Crippen LogP contribution >= 0.6 is 8.25 Å². The molecular formula is C12H26O5P+. The van der Waals surface area contributed by atoms with Crippen LogP contribution in [0.25, 0.3) is 0 Å². The summed E-state index contributed by atoms with van der Waals surface area (Å²) < 4.78 is 27.1. The highest BCUT2D eigenvalue weighted by Crippen LogP contribution is 2.32. The van der Waals surface area contributed by atoms with E-state index < -0.39 is 14.2 Å². The molecule has 1 atom stereocenters. The van der Waals surface area contributed by atoms with Crippen LogP contribution in [-0.2, 0) is 18.6 Å². The summed E-state index contributed by atoms with van der Waals surface area (Å²) in [5.74, 6) is -1.36. The molecule has 0 spiro atoms. The zero-order valence-corrected chi connectivity index (χ0v) is 12.6. The summed E-state index contributed by atoms with van der Waals surface area (Å²) in [5.41, 5.74) is 0. The smallest absolute Gasteiger partial charge is 0.324 e. The largest absolute Gasteiger partial charge is 0.700 e. The van der Waals surface area contributed by atoms with Crippen LogP contribution in [-0.4, -0.2) is 24.1 Å². The highest BCUT2D eigenvalue weighted by molar-refractivity contribution is 7.32. The van der Waals surface area contributed by atoms with Crippen molar-refractivity contribution in [2.24, 2.45) is 0 Å². The van der Waals surface area contributed by atoms with Crippen LogP contribution in [0.5, 0.6) is 0 Å². The van der Waals surface area contributed by atoms with Gasteiger partial charge in [0.15, 0.2) is 0 Å². The van der Waals surface area contributed by atoms with Crippen molar-refractivity contribution in [1.82, 2.24) is 0 Å². The molecule has 0 bridgehead atoms. The predicted octanol–water partition coefficient (Wildman–Crippen LogP) is 3.74. The number of unbranched alkanes of at least 4 members (excludes halogenated alkanes) is 2. The maximum absolute atomic E-state index is 10.9. The molecule has 0 fully saturated rings. The third-order valence-electron chi connectivity index (χ3n) is 2.41. The lowest BCUT2D eigenvalue weighted by molar-refractivity contribution is -0.347. The van der Waals surface area contributed by atoms with Crippen molar-refractivity contribution in [2.75, 3.05) is 13.2 Å². The Labute approximate surface area is 111 Å².